The average Bonchev–Trinajstić information content (AvgIpc) is 2.68. The summed E-state index contributed by atoms with van der Waals surface area (Å²) in [6, 6.07) is 14.0. The predicted molar refractivity (Wildman–Crippen MR) is 111 cm³/mol. The summed E-state index contributed by atoms with van der Waals surface area (Å²) >= 11 is 6.10. The van der Waals surface area contributed by atoms with Crippen molar-refractivity contribution < 1.29 is 9.53 Å². The van der Waals surface area contributed by atoms with E-state index in [4.69, 9.17) is 16.3 Å². The van der Waals surface area contributed by atoms with Gasteiger partial charge in [0.2, 0.25) is 0 Å². The monoisotopic (exact) mass is 386 g/mol. The molecule has 4 nitrogen and oxygen atoms in total. The number of aryl methyl sites for hydroxylation is 2. The van der Waals surface area contributed by atoms with Crippen LogP contribution in [0.2, 0.25) is 5.02 Å². The number of halogens is 1. The average molecular weight is 387 g/mol. The van der Waals surface area contributed by atoms with Crippen LogP contribution >= 0.6 is 11.6 Å². The van der Waals surface area contributed by atoms with Gasteiger partial charge in [0.15, 0.2) is 6.10 Å². The lowest BCUT2D eigenvalue weighted by molar-refractivity contribution is -0.139. The molecule has 144 valence electrons. The highest BCUT2D eigenvalue weighted by molar-refractivity contribution is 6.30. The summed E-state index contributed by atoms with van der Waals surface area (Å²) in [5.41, 5.74) is 3.29. The molecule has 1 fully saturated rings. The van der Waals surface area contributed by atoms with E-state index in [-0.39, 0.29) is 5.91 Å². The summed E-state index contributed by atoms with van der Waals surface area (Å²) < 4.78 is 6.10. The lowest BCUT2D eigenvalue weighted by Crippen LogP contribution is -2.52. The van der Waals surface area contributed by atoms with Crippen LogP contribution in [-0.4, -0.2) is 43.1 Å². The molecule has 27 heavy (non-hydrogen) atoms. The normalized spacial score (nSPS) is 15.6. The van der Waals surface area contributed by atoms with Crippen LogP contribution in [0.3, 0.4) is 0 Å². The first-order valence-electron chi connectivity index (χ1n) is 9.51. The van der Waals surface area contributed by atoms with Crippen LogP contribution in [0.25, 0.3) is 0 Å². The minimum absolute atomic E-state index is 0.0733. The van der Waals surface area contributed by atoms with Crippen molar-refractivity contribution in [3.63, 3.8) is 0 Å². The minimum Gasteiger partial charge on any atom is -0.480 e. The molecule has 0 spiro atoms. The van der Waals surface area contributed by atoms with Crippen molar-refractivity contribution in [2.45, 2.75) is 33.3 Å². The molecular weight excluding hydrogens is 360 g/mol. The number of hydrogen-bond acceptors (Lipinski definition) is 3. The van der Waals surface area contributed by atoms with Gasteiger partial charge in [0.1, 0.15) is 5.75 Å². The Morgan fingerprint density at radius 3 is 2.52 bits per heavy atom. The van der Waals surface area contributed by atoms with Crippen molar-refractivity contribution in [2.24, 2.45) is 0 Å². The zero-order valence-electron chi connectivity index (χ0n) is 16.2. The first-order valence-corrected chi connectivity index (χ1v) is 9.89. The third-order valence-corrected chi connectivity index (χ3v) is 5.26. The molecule has 0 bridgehead atoms. The fourth-order valence-corrected chi connectivity index (χ4v) is 3.54. The summed E-state index contributed by atoms with van der Waals surface area (Å²) in [5.74, 6) is 0.872. The molecule has 0 saturated carbocycles. The summed E-state index contributed by atoms with van der Waals surface area (Å²) in [5, 5.41) is 0.735. The second-order valence-electron chi connectivity index (χ2n) is 7.08. The maximum Gasteiger partial charge on any atom is 0.263 e. The number of carbonyl (C=O) groups is 1. The van der Waals surface area contributed by atoms with Crippen LogP contribution < -0.4 is 9.64 Å². The predicted octanol–water partition coefficient (Wildman–Crippen LogP) is 4.46. The fraction of sp³-hybridized carbons (Fsp3) is 0.409. The van der Waals surface area contributed by atoms with E-state index in [0.717, 1.165) is 40.7 Å². The van der Waals surface area contributed by atoms with Gasteiger partial charge in [-0.05, 0) is 55.7 Å². The molecule has 3 rings (SSSR count). The van der Waals surface area contributed by atoms with Crippen LogP contribution in [0, 0.1) is 13.8 Å². The Labute approximate surface area is 166 Å². The van der Waals surface area contributed by atoms with Crippen LogP contribution in [0.1, 0.15) is 24.5 Å². The maximum atomic E-state index is 13.0. The van der Waals surface area contributed by atoms with Gasteiger partial charge in [-0.1, -0.05) is 36.7 Å². The lowest BCUT2D eigenvalue weighted by atomic mass is 10.1. The topological polar surface area (TPSA) is 32.8 Å². The highest BCUT2D eigenvalue weighted by atomic mass is 35.5. The highest BCUT2D eigenvalue weighted by Crippen LogP contribution is 2.23. The van der Waals surface area contributed by atoms with Gasteiger partial charge < -0.3 is 14.5 Å². The Morgan fingerprint density at radius 1 is 1.11 bits per heavy atom. The van der Waals surface area contributed by atoms with E-state index in [0.29, 0.717) is 19.5 Å². The molecule has 1 atom stereocenters. The number of piperazine rings is 1. The van der Waals surface area contributed by atoms with E-state index in [1.807, 2.05) is 56.0 Å². The Kier molecular flexibility index (Phi) is 6.27. The minimum atomic E-state index is -0.441. The molecule has 2 aromatic rings. The molecule has 0 aliphatic carbocycles. The van der Waals surface area contributed by atoms with Gasteiger partial charge in [-0.2, -0.15) is 0 Å². The number of benzene rings is 2. The largest absolute Gasteiger partial charge is 0.480 e. The Balaban J connectivity index is 1.62. The summed E-state index contributed by atoms with van der Waals surface area (Å²) in [6.45, 7) is 9.02. The van der Waals surface area contributed by atoms with E-state index in [1.165, 1.54) is 0 Å². The second-order valence-corrected chi connectivity index (χ2v) is 7.51. The number of anilines is 1. The molecule has 1 aliphatic heterocycles. The molecule has 0 N–H and O–H groups in total. The molecule has 1 unspecified atom stereocenters. The molecule has 0 aromatic heterocycles. The van der Waals surface area contributed by atoms with E-state index >= 15 is 0 Å². The van der Waals surface area contributed by atoms with Crippen molar-refractivity contribution in [1.29, 1.82) is 0 Å². The molecule has 1 amide bonds. The van der Waals surface area contributed by atoms with Crippen molar-refractivity contribution in [3.8, 4) is 5.75 Å². The van der Waals surface area contributed by atoms with Crippen LogP contribution in [0.4, 0.5) is 5.69 Å². The maximum absolute atomic E-state index is 13.0. The van der Waals surface area contributed by atoms with Gasteiger partial charge in [-0.3, -0.25) is 4.79 Å². The van der Waals surface area contributed by atoms with Gasteiger partial charge >= 0.3 is 0 Å². The molecule has 1 aliphatic rings. The van der Waals surface area contributed by atoms with E-state index < -0.39 is 6.10 Å². The smallest absolute Gasteiger partial charge is 0.263 e. The SMILES string of the molecule is CCC(Oc1cc(C)ccc1C)C(=O)N1CCN(c2cccc(Cl)c2)CC1. The molecule has 1 saturated heterocycles. The van der Waals surface area contributed by atoms with E-state index in [1.54, 1.807) is 0 Å². The van der Waals surface area contributed by atoms with Crippen molar-refractivity contribution in [2.75, 3.05) is 31.1 Å². The fourth-order valence-electron chi connectivity index (χ4n) is 3.36. The Bertz CT molecular complexity index is 801. The van der Waals surface area contributed by atoms with Gasteiger partial charge in [0, 0.05) is 36.9 Å². The van der Waals surface area contributed by atoms with Crippen LogP contribution in [-0.2, 0) is 4.79 Å². The summed E-state index contributed by atoms with van der Waals surface area (Å²) in [4.78, 5) is 17.2. The van der Waals surface area contributed by atoms with E-state index in [2.05, 4.69) is 17.0 Å². The molecule has 0 radical (unpaired) electrons. The van der Waals surface area contributed by atoms with Gasteiger partial charge in [0.05, 0.1) is 0 Å². The number of rotatable bonds is 5. The van der Waals surface area contributed by atoms with Gasteiger partial charge in [-0.15, -0.1) is 0 Å². The number of ether oxygens (including phenoxy) is 1. The number of hydrogen-bond donors (Lipinski definition) is 0. The quantitative estimate of drug-likeness (QED) is 0.760. The van der Waals surface area contributed by atoms with Crippen LogP contribution in [0.15, 0.2) is 42.5 Å². The highest BCUT2D eigenvalue weighted by Gasteiger charge is 2.28. The van der Waals surface area contributed by atoms with Crippen molar-refractivity contribution in [3.05, 3.63) is 58.6 Å². The molecule has 5 heteroatoms. The Hall–Kier alpha value is -2.20. The van der Waals surface area contributed by atoms with Crippen LogP contribution in [0.5, 0.6) is 5.75 Å². The van der Waals surface area contributed by atoms with Crippen molar-refractivity contribution in [1.82, 2.24) is 4.90 Å². The molecule has 2 aromatic carbocycles. The first kappa shape index (κ1) is 19.6. The lowest BCUT2D eigenvalue weighted by Gasteiger charge is -2.37. The molecule has 1 heterocycles. The summed E-state index contributed by atoms with van der Waals surface area (Å²) in [7, 11) is 0. The Morgan fingerprint density at radius 2 is 1.85 bits per heavy atom. The number of amides is 1. The van der Waals surface area contributed by atoms with Gasteiger partial charge in [0.25, 0.3) is 5.91 Å². The summed E-state index contributed by atoms with van der Waals surface area (Å²) in [6.07, 6.45) is 0.212. The number of carbonyl (C=O) groups excluding carboxylic acids is 1. The molecular formula is C22H27ClN2O2. The van der Waals surface area contributed by atoms with Crippen molar-refractivity contribution >= 4 is 23.2 Å². The zero-order valence-corrected chi connectivity index (χ0v) is 17.0. The third kappa shape index (κ3) is 4.75. The zero-order chi connectivity index (χ0) is 19.4. The number of nitrogens with zero attached hydrogens (tertiary/aromatic N) is 2. The van der Waals surface area contributed by atoms with E-state index in [9.17, 15) is 4.79 Å². The standard InChI is InChI=1S/C22H27ClN2O2/c1-4-20(27-21-14-16(2)8-9-17(21)3)22(26)25-12-10-24(11-13-25)19-7-5-6-18(23)15-19/h5-9,14-15,20H,4,10-13H2,1-3H3. The van der Waals surface area contributed by atoms with Gasteiger partial charge in [-0.25, -0.2) is 0 Å². The second kappa shape index (κ2) is 8.66. The first-order chi connectivity index (χ1) is 13.0. The third-order valence-electron chi connectivity index (χ3n) is 5.02.